The molecule has 0 radical (unpaired) electrons. The Morgan fingerprint density at radius 2 is 1.00 bits per heavy atom. The molecule has 0 unspecified atom stereocenters. The van der Waals surface area contributed by atoms with E-state index < -0.39 is 14.2 Å². The molecule has 4 nitrogen and oxygen atoms in total. The summed E-state index contributed by atoms with van der Waals surface area (Å²) in [6.45, 7) is 4.30. The fourth-order valence-corrected chi connectivity index (χ4v) is 3.13. The zero-order chi connectivity index (χ0) is 17.9. The second-order valence-electron chi connectivity index (χ2n) is 6.62. The van der Waals surface area contributed by atoms with E-state index >= 15 is 0 Å². The number of hydrogen-bond donors (Lipinski definition) is 4. The van der Waals surface area contributed by atoms with E-state index in [1.54, 1.807) is 12.1 Å². The van der Waals surface area contributed by atoms with E-state index in [2.05, 4.69) is 13.8 Å². The van der Waals surface area contributed by atoms with Crippen molar-refractivity contribution in [3.05, 3.63) is 23.3 Å². The monoisotopic (exact) mass is 334 g/mol. The van der Waals surface area contributed by atoms with Crippen LogP contribution in [0.2, 0.25) is 0 Å². The zero-order valence-electron chi connectivity index (χ0n) is 15.2. The van der Waals surface area contributed by atoms with Crippen LogP contribution in [-0.2, 0) is 12.8 Å². The third kappa shape index (κ3) is 6.98. The largest absolute Gasteiger partial charge is 0.488 e. The topological polar surface area (TPSA) is 80.9 Å². The summed E-state index contributed by atoms with van der Waals surface area (Å²) in [5.74, 6) is 0. The Morgan fingerprint density at radius 1 is 0.625 bits per heavy atom. The summed E-state index contributed by atoms with van der Waals surface area (Å²) in [4.78, 5) is 0. The van der Waals surface area contributed by atoms with Gasteiger partial charge in [0.25, 0.3) is 0 Å². The van der Waals surface area contributed by atoms with E-state index in [-0.39, 0.29) is 0 Å². The van der Waals surface area contributed by atoms with Crippen LogP contribution in [0.3, 0.4) is 0 Å². The molecule has 1 rings (SSSR count). The molecule has 1 aromatic rings. The Morgan fingerprint density at radius 3 is 1.29 bits per heavy atom. The second kappa shape index (κ2) is 11.7. The Kier molecular flexibility index (Phi) is 10.3. The summed E-state index contributed by atoms with van der Waals surface area (Å²) < 4.78 is 0. The highest BCUT2D eigenvalue weighted by molar-refractivity contribution is 6.61. The summed E-state index contributed by atoms with van der Waals surface area (Å²) >= 11 is 0. The van der Waals surface area contributed by atoms with Crippen LogP contribution in [-0.4, -0.2) is 34.3 Å². The first-order chi connectivity index (χ1) is 11.5. The van der Waals surface area contributed by atoms with E-state index in [0.717, 1.165) is 75.3 Å². The van der Waals surface area contributed by atoms with Gasteiger partial charge in [-0.25, -0.2) is 0 Å². The van der Waals surface area contributed by atoms with Gasteiger partial charge in [-0.05, 0) is 47.7 Å². The average Bonchev–Trinajstić information content (AvgIpc) is 2.55. The number of aryl methyl sites for hydroxylation is 2. The van der Waals surface area contributed by atoms with Crippen LogP contribution in [0.25, 0.3) is 0 Å². The van der Waals surface area contributed by atoms with E-state index in [0.29, 0.717) is 10.9 Å². The number of rotatable bonds is 12. The maximum Gasteiger partial charge on any atom is 0.488 e. The Balaban J connectivity index is 2.95. The molecule has 1 aromatic carbocycles. The highest BCUT2D eigenvalue weighted by Gasteiger charge is 2.23. The van der Waals surface area contributed by atoms with Gasteiger partial charge in [0.1, 0.15) is 0 Å². The predicted octanol–water partition coefficient (Wildman–Crippen LogP) is 1.29. The second-order valence-corrected chi connectivity index (χ2v) is 6.62. The predicted molar refractivity (Wildman–Crippen MR) is 102 cm³/mol. The van der Waals surface area contributed by atoms with Gasteiger partial charge >= 0.3 is 14.2 Å². The normalized spacial score (nSPS) is 10.9. The van der Waals surface area contributed by atoms with Crippen LogP contribution in [0.15, 0.2) is 12.1 Å². The van der Waals surface area contributed by atoms with Gasteiger partial charge in [-0.2, -0.15) is 0 Å². The first kappa shape index (κ1) is 21.2. The number of benzene rings is 1. The quantitative estimate of drug-likeness (QED) is 0.343. The average molecular weight is 334 g/mol. The van der Waals surface area contributed by atoms with Gasteiger partial charge in [-0.3, -0.25) is 0 Å². The summed E-state index contributed by atoms with van der Waals surface area (Å²) in [6, 6.07) is 3.50. The Bertz CT molecular complexity index is 435. The van der Waals surface area contributed by atoms with Gasteiger partial charge in [0.15, 0.2) is 0 Å². The standard InChI is InChI=1S/C18H32B2O4/c1-3-5-7-9-11-15-13-18(20(23)24)16(12-10-8-6-4-2)14-17(15)19(21)22/h13-14,21-24H,3-12H2,1-2H3. The zero-order valence-corrected chi connectivity index (χ0v) is 15.2. The molecule has 0 atom stereocenters. The maximum atomic E-state index is 9.70. The van der Waals surface area contributed by atoms with Crippen LogP contribution in [0.4, 0.5) is 0 Å². The van der Waals surface area contributed by atoms with Gasteiger partial charge in [0.2, 0.25) is 0 Å². The minimum atomic E-state index is -1.52. The van der Waals surface area contributed by atoms with Crippen LogP contribution in [0.1, 0.15) is 76.3 Å². The molecule has 0 amide bonds. The minimum Gasteiger partial charge on any atom is -0.423 e. The molecule has 0 aromatic heterocycles. The molecule has 6 heteroatoms. The molecule has 134 valence electrons. The Hall–Kier alpha value is -0.810. The fourth-order valence-electron chi connectivity index (χ4n) is 3.13. The van der Waals surface area contributed by atoms with E-state index in [9.17, 15) is 20.1 Å². The summed E-state index contributed by atoms with van der Waals surface area (Å²) in [5.41, 5.74) is 2.62. The van der Waals surface area contributed by atoms with Gasteiger partial charge in [-0.15, -0.1) is 0 Å². The third-order valence-electron chi connectivity index (χ3n) is 4.56. The summed E-state index contributed by atoms with van der Waals surface area (Å²) in [7, 11) is -3.05. The molecule has 0 saturated heterocycles. The van der Waals surface area contributed by atoms with Gasteiger partial charge < -0.3 is 20.1 Å². The van der Waals surface area contributed by atoms with E-state index in [4.69, 9.17) is 0 Å². The van der Waals surface area contributed by atoms with Crippen molar-refractivity contribution in [2.75, 3.05) is 0 Å². The SMILES string of the molecule is CCCCCCc1cc(B(O)O)c(CCCCCC)cc1B(O)O. The smallest absolute Gasteiger partial charge is 0.423 e. The molecule has 0 aliphatic carbocycles. The third-order valence-corrected chi connectivity index (χ3v) is 4.56. The van der Waals surface area contributed by atoms with Gasteiger partial charge in [-0.1, -0.05) is 64.5 Å². The molecule has 24 heavy (non-hydrogen) atoms. The van der Waals surface area contributed by atoms with E-state index in [1.165, 1.54) is 0 Å². The molecule has 0 heterocycles. The molecule has 0 aliphatic rings. The number of hydrogen-bond acceptors (Lipinski definition) is 4. The van der Waals surface area contributed by atoms with Crippen LogP contribution in [0.5, 0.6) is 0 Å². The number of unbranched alkanes of at least 4 members (excludes halogenated alkanes) is 6. The van der Waals surface area contributed by atoms with Crippen molar-refractivity contribution in [2.45, 2.75) is 78.1 Å². The lowest BCUT2D eigenvalue weighted by Crippen LogP contribution is -2.40. The van der Waals surface area contributed by atoms with Crippen molar-refractivity contribution in [1.82, 2.24) is 0 Å². The maximum absolute atomic E-state index is 9.70. The van der Waals surface area contributed by atoms with Crippen LogP contribution in [0, 0.1) is 0 Å². The van der Waals surface area contributed by atoms with Crippen LogP contribution >= 0.6 is 0 Å². The summed E-state index contributed by atoms with van der Waals surface area (Å²) in [5, 5.41) is 38.8. The van der Waals surface area contributed by atoms with Crippen molar-refractivity contribution < 1.29 is 20.1 Å². The molecule has 0 aliphatic heterocycles. The highest BCUT2D eigenvalue weighted by Crippen LogP contribution is 2.11. The molecule has 4 N–H and O–H groups in total. The fraction of sp³-hybridized carbons (Fsp3) is 0.667. The first-order valence-corrected chi connectivity index (χ1v) is 9.39. The lowest BCUT2D eigenvalue weighted by molar-refractivity contribution is 0.422. The Labute approximate surface area is 147 Å². The van der Waals surface area contributed by atoms with Crippen molar-refractivity contribution in [3.63, 3.8) is 0 Å². The highest BCUT2D eigenvalue weighted by atomic mass is 16.4. The molecule has 0 fully saturated rings. The lowest BCUT2D eigenvalue weighted by atomic mass is 9.68. The van der Waals surface area contributed by atoms with Crippen molar-refractivity contribution in [2.24, 2.45) is 0 Å². The molecular formula is C18H32B2O4. The molecule has 0 bridgehead atoms. The van der Waals surface area contributed by atoms with E-state index in [1.807, 2.05) is 0 Å². The summed E-state index contributed by atoms with van der Waals surface area (Å²) in [6.07, 6.45) is 10.2. The molecule has 0 spiro atoms. The molecule has 0 saturated carbocycles. The molecular weight excluding hydrogens is 302 g/mol. The lowest BCUT2D eigenvalue weighted by Gasteiger charge is -2.16. The minimum absolute atomic E-state index is 0.501. The van der Waals surface area contributed by atoms with Gasteiger partial charge in [0.05, 0.1) is 0 Å². The van der Waals surface area contributed by atoms with Crippen molar-refractivity contribution in [1.29, 1.82) is 0 Å². The van der Waals surface area contributed by atoms with Gasteiger partial charge in [0, 0.05) is 0 Å². The van der Waals surface area contributed by atoms with Crippen molar-refractivity contribution in [3.8, 4) is 0 Å². The van der Waals surface area contributed by atoms with Crippen LogP contribution < -0.4 is 10.9 Å². The van der Waals surface area contributed by atoms with Crippen molar-refractivity contribution >= 4 is 25.2 Å². The first-order valence-electron chi connectivity index (χ1n) is 9.39.